The van der Waals surface area contributed by atoms with Gasteiger partial charge in [-0.2, -0.15) is 8.78 Å². The number of alkyl halides is 2. The highest BCUT2D eigenvalue weighted by atomic mass is 19.3. The Morgan fingerprint density at radius 1 is 0.952 bits per heavy atom. The molecule has 0 bridgehead atoms. The van der Waals surface area contributed by atoms with Crippen molar-refractivity contribution in [3.8, 4) is 5.75 Å². The molecule has 1 atom stereocenters. The van der Waals surface area contributed by atoms with E-state index in [4.69, 9.17) is 5.84 Å². The van der Waals surface area contributed by atoms with Crippen molar-refractivity contribution in [1.82, 2.24) is 5.43 Å². The van der Waals surface area contributed by atoms with Crippen molar-refractivity contribution in [2.24, 2.45) is 5.84 Å². The molecule has 0 radical (unpaired) electrons. The molecule has 0 amide bonds. The Morgan fingerprint density at radius 2 is 1.52 bits per heavy atom. The van der Waals surface area contributed by atoms with Gasteiger partial charge in [-0.1, -0.05) is 41.5 Å². The molecule has 0 heterocycles. The van der Waals surface area contributed by atoms with E-state index >= 15 is 0 Å². The number of ether oxygens (including phenoxy) is 1. The molecule has 0 spiro atoms. The highest BCUT2D eigenvalue weighted by Gasteiger charge is 2.14. The Bertz CT molecular complexity index is 579. The van der Waals surface area contributed by atoms with Crippen LogP contribution in [0, 0.1) is 13.8 Å². The molecular weight excluding hydrogens is 274 g/mol. The molecule has 0 aliphatic carbocycles. The number of benzene rings is 2. The zero-order chi connectivity index (χ0) is 15.4. The van der Waals surface area contributed by atoms with E-state index in [-0.39, 0.29) is 11.8 Å². The van der Waals surface area contributed by atoms with Crippen LogP contribution in [0.1, 0.15) is 28.3 Å². The first-order valence-corrected chi connectivity index (χ1v) is 6.58. The SMILES string of the molecule is Cc1cc(C)cc(C(NN)c2ccc(OC(F)F)cc2)c1. The van der Waals surface area contributed by atoms with Crippen LogP contribution in [0.2, 0.25) is 0 Å². The molecule has 21 heavy (non-hydrogen) atoms. The van der Waals surface area contributed by atoms with Gasteiger partial charge in [0.1, 0.15) is 5.75 Å². The molecule has 2 aromatic rings. The van der Waals surface area contributed by atoms with Crippen molar-refractivity contribution in [3.63, 3.8) is 0 Å². The van der Waals surface area contributed by atoms with Crippen molar-refractivity contribution >= 4 is 0 Å². The number of hydrazine groups is 1. The van der Waals surface area contributed by atoms with Crippen molar-refractivity contribution in [2.75, 3.05) is 0 Å². The zero-order valence-corrected chi connectivity index (χ0v) is 11.9. The first-order chi connectivity index (χ1) is 9.99. The molecule has 1 unspecified atom stereocenters. The van der Waals surface area contributed by atoms with Gasteiger partial charge in [0.25, 0.3) is 0 Å². The maximum atomic E-state index is 12.1. The van der Waals surface area contributed by atoms with E-state index in [1.54, 1.807) is 12.1 Å². The number of hydrogen-bond acceptors (Lipinski definition) is 3. The van der Waals surface area contributed by atoms with Crippen molar-refractivity contribution in [3.05, 3.63) is 64.7 Å². The second kappa shape index (κ2) is 6.65. The lowest BCUT2D eigenvalue weighted by atomic mass is 9.96. The minimum Gasteiger partial charge on any atom is -0.435 e. The Hall–Kier alpha value is -1.98. The van der Waals surface area contributed by atoms with E-state index < -0.39 is 6.61 Å². The second-order valence-corrected chi connectivity index (χ2v) is 4.97. The number of nitrogens with one attached hydrogen (secondary N) is 1. The summed E-state index contributed by atoms with van der Waals surface area (Å²) in [5.41, 5.74) is 6.95. The van der Waals surface area contributed by atoms with Crippen LogP contribution in [0.15, 0.2) is 42.5 Å². The lowest BCUT2D eigenvalue weighted by molar-refractivity contribution is -0.0498. The summed E-state index contributed by atoms with van der Waals surface area (Å²) >= 11 is 0. The van der Waals surface area contributed by atoms with Crippen molar-refractivity contribution < 1.29 is 13.5 Å². The Labute approximate surface area is 122 Å². The van der Waals surface area contributed by atoms with E-state index in [1.807, 2.05) is 26.0 Å². The lowest BCUT2D eigenvalue weighted by Crippen LogP contribution is -2.28. The van der Waals surface area contributed by atoms with Gasteiger partial charge in [0.15, 0.2) is 0 Å². The molecule has 2 rings (SSSR count). The summed E-state index contributed by atoms with van der Waals surface area (Å²) in [6.45, 7) is 1.21. The predicted octanol–water partition coefficient (Wildman–Crippen LogP) is 3.46. The summed E-state index contributed by atoms with van der Waals surface area (Å²) in [5.74, 6) is 5.78. The number of hydrogen-bond donors (Lipinski definition) is 2. The Balaban J connectivity index is 2.28. The topological polar surface area (TPSA) is 47.3 Å². The molecule has 0 fully saturated rings. The highest BCUT2D eigenvalue weighted by Crippen LogP contribution is 2.25. The molecule has 2 aromatic carbocycles. The molecule has 0 saturated heterocycles. The van der Waals surface area contributed by atoms with Crippen LogP contribution >= 0.6 is 0 Å². The lowest BCUT2D eigenvalue weighted by Gasteiger charge is -2.18. The zero-order valence-electron chi connectivity index (χ0n) is 11.9. The molecule has 112 valence electrons. The van der Waals surface area contributed by atoms with Gasteiger partial charge in [0.05, 0.1) is 6.04 Å². The van der Waals surface area contributed by atoms with Crippen LogP contribution in [0.3, 0.4) is 0 Å². The predicted molar refractivity (Wildman–Crippen MR) is 78.2 cm³/mol. The third-order valence-corrected chi connectivity index (χ3v) is 3.18. The molecule has 0 aliphatic rings. The second-order valence-electron chi connectivity index (χ2n) is 4.97. The fourth-order valence-electron chi connectivity index (χ4n) is 2.40. The molecule has 5 heteroatoms. The fraction of sp³-hybridized carbons (Fsp3) is 0.250. The maximum absolute atomic E-state index is 12.1. The monoisotopic (exact) mass is 292 g/mol. The number of aryl methyl sites for hydroxylation is 2. The van der Waals surface area contributed by atoms with Gasteiger partial charge in [-0.15, -0.1) is 0 Å². The smallest absolute Gasteiger partial charge is 0.387 e. The molecule has 3 nitrogen and oxygen atoms in total. The summed E-state index contributed by atoms with van der Waals surface area (Å²) in [6.07, 6.45) is 0. The van der Waals surface area contributed by atoms with Crippen LogP contribution in [0.4, 0.5) is 8.78 Å². The van der Waals surface area contributed by atoms with Crippen LogP contribution in [-0.4, -0.2) is 6.61 Å². The summed E-state index contributed by atoms with van der Waals surface area (Å²) in [5, 5.41) is 0. The summed E-state index contributed by atoms with van der Waals surface area (Å²) in [4.78, 5) is 0. The third-order valence-electron chi connectivity index (χ3n) is 3.18. The van der Waals surface area contributed by atoms with Gasteiger partial charge >= 0.3 is 6.61 Å². The molecule has 3 N–H and O–H groups in total. The average Bonchev–Trinajstić information content (AvgIpc) is 2.40. The minimum atomic E-state index is -2.82. The van der Waals surface area contributed by atoms with Crippen LogP contribution < -0.4 is 16.0 Å². The van der Waals surface area contributed by atoms with Crippen molar-refractivity contribution in [2.45, 2.75) is 26.5 Å². The highest BCUT2D eigenvalue weighted by molar-refractivity contribution is 5.38. The van der Waals surface area contributed by atoms with Crippen LogP contribution in [0.25, 0.3) is 0 Å². The van der Waals surface area contributed by atoms with E-state index in [9.17, 15) is 8.78 Å². The van der Waals surface area contributed by atoms with Gasteiger partial charge in [0.2, 0.25) is 0 Å². The van der Waals surface area contributed by atoms with Gasteiger partial charge in [-0.05, 0) is 37.1 Å². The molecular formula is C16H18F2N2O. The van der Waals surface area contributed by atoms with Crippen LogP contribution in [-0.2, 0) is 0 Å². The number of nitrogens with two attached hydrogens (primary N) is 1. The third kappa shape index (κ3) is 4.00. The summed E-state index contributed by atoms with van der Waals surface area (Å²) in [7, 11) is 0. The molecule has 0 aromatic heterocycles. The van der Waals surface area contributed by atoms with E-state index in [1.165, 1.54) is 12.1 Å². The normalized spacial score (nSPS) is 12.5. The number of rotatable bonds is 5. The molecule has 0 aliphatic heterocycles. The van der Waals surface area contributed by atoms with Gasteiger partial charge in [-0.25, -0.2) is 5.43 Å². The van der Waals surface area contributed by atoms with Gasteiger partial charge in [0, 0.05) is 0 Å². The fourth-order valence-corrected chi connectivity index (χ4v) is 2.40. The van der Waals surface area contributed by atoms with Crippen LogP contribution in [0.5, 0.6) is 5.75 Å². The summed E-state index contributed by atoms with van der Waals surface area (Å²) in [6, 6.07) is 12.4. The first kappa shape index (κ1) is 15.4. The standard InChI is InChI=1S/C16H18F2N2O/c1-10-7-11(2)9-13(8-10)15(20-19)12-3-5-14(6-4-12)21-16(17)18/h3-9,15-16,20H,19H2,1-2H3. The first-order valence-electron chi connectivity index (χ1n) is 6.58. The van der Waals surface area contributed by atoms with E-state index in [0.29, 0.717) is 0 Å². The van der Waals surface area contributed by atoms with Gasteiger partial charge < -0.3 is 4.74 Å². The average molecular weight is 292 g/mol. The largest absolute Gasteiger partial charge is 0.435 e. The van der Waals surface area contributed by atoms with Crippen molar-refractivity contribution in [1.29, 1.82) is 0 Å². The van der Waals surface area contributed by atoms with E-state index in [0.717, 1.165) is 22.3 Å². The summed E-state index contributed by atoms with van der Waals surface area (Å²) < 4.78 is 28.6. The van der Waals surface area contributed by atoms with Gasteiger partial charge in [-0.3, -0.25) is 5.84 Å². The maximum Gasteiger partial charge on any atom is 0.387 e. The van der Waals surface area contributed by atoms with E-state index in [2.05, 4.69) is 16.2 Å². The number of halogens is 2. The Morgan fingerprint density at radius 3 is 2.00 bits per heavy atom. The Kier molecular flexibility index (Phi) is 4.88. The quantitative estimate of drug-likeness (QED) is 0.655. The minimum absolute atomic E-state index is 0.130. The molecule has 0 saturated carbocycles.